The molecule has 2 aromatic carbocycles. The van der Waals surface area contributed by atoms with Crippen molar-refractivity contribution in [2.24, 2.45) is 10.9 Å². The molecule has 1 saturated heterocycles. The third-order valence-corrected chi connectivity index (χ3v) is 5.44. The third-order valence-electron chi connectivity index (χ3n) is 5.44. The van der Waals surface area contributed by atoms with E-state index >= 15 is 0 Å². The first-order valence-electron chi connectivity index (χ1n) is 9.99. The lowest BCUT2D eigenvalue weighted by atomic mass is 10.1. The summed E-state index contributed by atoms with van der Waals surface area (Å²) >= 11 is 0. The van der Waals surface area contributed by atoms with Gasteiger partial charge in [-0.3, -0.25) is 4.99 Å². The number of hydrogen-bond donors (Lipinski definition) is 2. The van der Waals surface area contributed by atoms with Gasteiger partial charge in [0.2, 0.25) is 0 Å². The average Bonchev–Trinajstić information content (AvgIpc) is 3.18. The highest BCUT2D eigenvalue weighted by Crippen LogP contribution is 2.31. The molecule has 0 aromatic heterocycles. The molecule has 1 fully saturated rings. The summed E-state index contributed by atoms with van der Waals surface area (Å²) in [7, 11) is 3.56. The summed E-state index contributed by atoms with van der Waals surface area (Å²) in [6.45, 7) is 8.07. The summed E-state index contributed by atoms with van der Waals surface area (Å²) in [6.07, 6.45) is 1.17. The van der Waals surface area contributed by atoms with Gasteiger partial charge >= 0.3 is 0 Å². The van der Waals surface area contributed by atoms with E-state index in [1.165, 1.54) is 28.8 Å². The largest absolute Gasteiger partial charge is 0.495 e. The highest BCUT2D eigenvalue weighted by atomic mass is 127. The Morgan fingerprint density at radius 2 is 1.97 bits per heavy atom. The molecular weight excluding hydrogens is 475 g/mol. The van der Waals surface area contributed by atoms with Crippen LogP contribution in [0.1, 0.15) is 23.1 Å². The first-order chi connectivity index (χ1) is 13.6. The monoisotopic (exact) mass is 508 g/mol. The van der Waals surface area contributed by atoms with Crippen LogP contribution in [0.5, 0.6) is 5.75 Å². The number of ether oxygens (including phenoxy) is 1. The first-order valence-corrected chi connectivity index (χ1v) is 9.99. The van der Waals surface area contributed by atoms with E-state index in [9.17, 15) is 0 Å². The van der Waals surface area contributed by atoms with Crippen LogP contribution < -0.4 is 20.3 Å². The number of para-hydroxylation sites is 2. The number of nitrogens with one attached hydrogen (secondary N) is 2. The summed E-state index contributed by atoms with van der Waals surface area (Å²) < 4.78 is 5.51. The Kier molecular flexibility index (Phi) is 9.07. The van der Waals surface area contributed by atoms with Gasteiger partial charge in [0.15, 0.2) is 5.96 Å². The molecule has 158 valence electrons. The molecule has 0 spiro atoms. The Morgan fingerprint density at radius 3 is 2.69 bits per heavy atom. The molecule has 1 heterocycles. The van der Waals surface area contributed by atoms with E-state index in [-0.39, 0.29) is 24.0 Å². The smallest absolute Gasteiger partial charge is 0.191 e. The molecule has 1 atom stereocenters. The van der Waals surface area contributed by atoms with E-state index in [4.69, 9.17) is 4.74 Å². The Balaban J connectivity index is 0.00000300. The van der Waals surface area contributed by atoms with E-state index in [0.717, 1.165) is 37.9 Å². The van der Waals surface area contributed by atoms with Crippen molar-refractivity contribution in [3.8, 4) is 5.75 Å². The van der Waals surface area contributed by atoms with Crippen molar-refractivity contribution >= 4 is 35.6 Å². The Hall–Kier alpha value is -1.96. The van der Waals surface area contributed by atoms with Crippen molar-refractivity contribution in [2.45, 2.75) is 26.8 Å². The van der Waals surface area contributed by atoms with Crippen LogP contribution in [0.25, 0.3) is 0 Å². The number of aliphatic imine (C=N–C) groups is 1. The van der Waals surface area contributed by atoms with Crippen LogP contribution in [0, 0.1) is 19.8 Å². The van der Waals surface area contributed by atoms with Gasteiger partial charge in [-0.1, -0.05) is 35.9 Å². The second-order valence-electron chi connectivity index (χ2n) is 7.51. The summed E-state index contributed by atoms with van der Waals surface area (Å²) in [4.78, 5) is 6.79. The molecule has 2 aromatic rings. The number of halogens is 1. The van der Waals surface area contributed by atoms with Crippen LogP contribution in [0.15, 0.2) is 47.5 Å². The van der Waals surface area contributed by atoms with E-state index in [2.05, 4.69) is 64.7 Å². The van der Waals surface area contributed by atoms with Crippen LogP contribution in [-0.2, 0) is 6.54 Å². The van der Waals surface area contributed by atoms with E-state index < -0.39 is 0 Å². The lowest BCUT2D eigenvalue weighted by Crippen LogP contribution is -2.40. The minimum atomic E-state index is 0. The van der Waals surface area contributed by atoms with Gasteiger partial charge in [-0.15, -0.1) is 24.0 Å². The summed E-state index contributed by atoms with van der Waals surface area (Å²) in [5.41, 5.74) is 5.09. The highest BCUT2D eigenvalue weighted by Gasteiger charge is 2.24. The molecule has 29 heavy (non-hydrogen) atoms. The maximum Gasteiger partial charge on any atom is 0.191 e. The van der Waals surface area contributed by atoms with Crippen molar-refractivity contribution in [3.63, 3.8) is 0 Å². The van der Waals surface area contributed by atoms with Gasteiger partial charge in [-0.05, 0) is 49.4 Å². The molecule has 1 unspecified atom stereocenters. The predicted molar refractivity (Wildman–Crippen MR) is 133 cm³/mol. The molecule has 0 aliphatic carbocycles. The van der Waals surface area contributed by atoms with Gasteiger partial charge in [0.05, 0.1) is 12.8 Å². The van der Waals surface area contributed by atoms with Gasteiger partial charge in [0.25, 0.3) is 0 Å². The molecule has 1 aliphatic heterocycles. The molecule has 0 radical (unpaired) electrons. The van der Waals surface area contributed by atoms with Crippen molar-refractivity contribution < 1.29 is 4.74 Å². The van der Waals surface area contributed by atoms with Crippen LogP contribution in [0.2, 0.25) is 0 Å². The van der Waals surface area contributed by atoms with Crippen molar-refractivity contribution in [2.75, 3.05) is 38.7 Å². The number of rotatable bonds is 6. The molecule has 0 bridgehead atoms. The number of benzene rings is 2. The third kappa shape index (κ3) is 6.26. The fourth-order valence-corrected chi connectivity index (χ4v) is 3.79. The van der Waals surface area contributed by atoms with E-state index in [1.807, 2.05) is 19.2 Å². The molecular formula is C23H33IN4O. The molecule has 3 rings (SSSR count). The fraction of sp³-hybridized carbons (Fsp3) is 0.435. The molecule has 1 aliphatic rings. The fourth-order valence-electron chi connectivity index (χ4n) is 3.79. The average molecular weight is 508 g/mol. The predicted octanol–water partition coefficient (Wildman–Crippen LogP) is 4.12. The van der Waals surface area contributed by atoms with Crippen LogP contribution in [-0.4, -0.2) is 39.8 Å². The van der Waals surface area contributed by atoms with Crippen LogP contribution in [0.4, 0.5) is 5.69 Å². The molecule has 5 nitrogen and oxygen atoms in total. The maximum atomic E-state index is 5.51. The standard InChI is InChI=1S/C23H32N4O.HI/c1-17-9-10-20(18(2)13-17)15-26-23(24-3)25-14-19-11-12-27(16-19)21-7-5-6-8-22(21)28-4;/h5-10,13,19H,11-12,14-16H2,1-4H3,(H2,24,25,26);1H. The topological polar surface area (TPSA) is 48.9 Å². The molecule has 0 saturated carbocycles. The SMILES string of the molecule is CN=C(NCc1ccc(C)cc1C)NCC1CCN(c2ccccc2OC)C1.I. The minimum Gasteiger partial charge on any atom is -0.495 e. The number of methoxy groups -OCH3 is 1. The number of guanidine groups is 1. The number of anilines is 1. The van der Waals surface area contributed by atoms with Crippen molar-refractivity contribution in [1.82, 2.24) is 10.6 Å². The normalized spacial score (nSPS) is 16.3. The second kappa shape index (κ2) is 11.3. The maximum absolute atomic E-state index is 5.51. The number of aryl methyl sites for hydroxylation is 2. The summed E-state index contributed by atoms with van der Waals surface area (Å²) in [6, 6.07) is 14.8. The molecule has 6 heteroatoms. The van der Waals surface area contributed by atoms with Gasteiger partial charge in [-0.2, -0.15) is 0 Å². The zero-order valence-corrected chi connectivity index (χ0v) is 20.2. The summed E-state index contributed by atoms with van der Waals surface area (Å²) in [5, 5.41) is 6.93. The number of nitrogens with zero attached hydrogens (tertiary/aromatic N) is 2. The number of hydrogen-bond acceptors (Lipinski definition) is 3. The van der Waals surface area contributed by atoms with Gasteiger partial charge in [0, 0.05) is 33.2 Å². The Morgan fingerprint density at radius 1 is 1.17 bits per heavy atom. The van der Waals surface area contributed by atoms with Crippen molar-refractivity contribution in [1.29, 1.82) is 0 Å². The van der Waals surface area contributed by atoms with Crippen molar-refractivity contribution in [3.05, 3.63) is 59.2 Å². The van der Waals surface area contributed by atoms with Gasteiger partial charge in [0.1, 0.15) is 5.75 Å². The van der Waals surface area contributed by atoms with Crippen LogP contribution >= 0.6 is 24.0 Å². The highest BCUT2D eigenvalue weighted by molar-refractivity contribution is 14.0. The van der Waals surface area contributed by atoms with E-state index in [0.29, 0.717) is 5.92 Å². The van der Waals surface area contributed by atoms with Gasteiger partial charge in [-0.25, -0.2) is 0 Å². The molecule has 0 amide bonds. The Bertz CT molecular complexity index is 824. The molecule has 2 N–H and O–H groups in total. The van der Waals surface area contributed by atoms with Crippen LogP contribution in [0.3, 0.4) is 0 Å². The lowest BCUT2D eigenvalue weighted by Gasteiger charge is -2.21. The van der Waals surface area contributed by atoms with E-state index in [1.54, 1.807) is 7.11 Å². The second-order valence-corrected chi connectivity index (χ2v) is 7.51. The zero-order valence-electron chi connectivity index (χ0n) is 17.9. The minimum absolute atomic E-state index is 0. The summed E-state index contributed by atoms with van der Waals surface area (Å²) in [5.74, 6) is 2.39. The zero-order chi connectivity index (χ0) is 19.9. The lowest BCUT2D eigenvalue weighted by molar-refractivity contribution is 0.414. The Labute approximate surface area is 192 Å². The quantitative estimate of drug-likeness (QED) is 0.350. The van der Waals surface area contributed by atoms with Gasteiger partial charge < -0.3 is 20.3 Å². The first kappa shape index (κ1) is 23.3.